The summed E-state index contributed by atoms with van der Waals surface area (Å²) in [5.41, 5.74) is 1.71. The molecule has 18 heavy (non-hydrogen) atoms. The lowest BCUT2D eigenvalue weighted by Gasteiger charge is -2.07. The number of carboxylic acid groups (broad SMARTS) is 1. The first kappa shape index (κ1) is 12.2. The van der Waals surface area contributed by atoms with Crippen molar-refractivity contribution in [2.45, 2.75) is 13.5 Å². The van der Waals surface area contributed by atoms with E-state index < -0.39 is 5.97 Å². The molecule has 1 heterocycles. The lowest BCUT2D eigenvalue weighted by atomic mass is 10.2. The molecule has 1 aromatic heterocycles. The van der Waals surface area contributed by atoms with E-state index in [9.17, 15) is 4.79 Å². The second kappa shape index (κ2) is 4.91. The van der Waals surface area contributed by atoms with E-state index in [-0.39, 0.29) is 5.69 Å². The van der Waals surface area contributed by atoms with Crippen LogP contribution in [0.25, 0.3) is 0 Å². The zero-order valence-corrected chi connectivity index (χ0v) is 10.3. The van der Waals surface area contributed by atoms with Crippen LogP contribution in [0.1, 0.15) is 21.7 Å². The normalized spacial score (nSPS) is 10.3. The highest BCUT2D eigenvalue weighted by atomic mass is 16.5. The van der Waals surface area contributed by atoms with Crippen molar-refractivity contribution in [3.8, 4) is 5.75 Å². The Hall–Kier alpha value is -2.30. The molecule has 2 aromatic rings. The van der Waals surface area contributed by atoms with Gasteiger partial charge < -0.3 is 14.4 Å². The smallest absolute Gasteiger partial charge is 0.354 e. The van der Waals surface area contributed by atoms with Crippen LogP contribution in [0.15, 0.2) is 30.6 Å². The number of nitrogens with zero attached hydrogens (tertiary/aromatic N) is 2. The van der Waals surface area contributed by atoms with Gasteiger partial charge in [0.15, 0.2) is 0 Å². The monoisotopic (exact) mass is 246 g/mol. The van der Waals surface area contributed by atoms with E-state index >= 15 is 0 Å². The number of rotatable bonds is 4. The number of aromatic carboxylic acids is 1. The molecule has 1 aromatic carbocycles. The summed E-state index contributed by atoms with van der Waals surface area (Å²) in [6.07, 6.45) is 1.54. The van der Waals surface area contributed by atoms with Crippen LogP contribution in [0.3, 0.4) is 0 Å². The van der Waals surface area contributed by atoms with E-state index in [2.05, 4.69) is 4.98 Å². The molecule has 0 bridgehead atoms. The molecular formula is C13H14N2O3. The third-order valence-corrected chi connectivity index (χ3v) is 2.71. The van der Waals surface area contributed by atoms with E-state index in [0.717, 1.165) is 11.3 Å². The maximum Gasteiger partial charge on any atom is 0.354 e. The molecule has 0 aliphatic carbocycles. The maximum atomic E-state index is 11.1. The lowest BCUT2D eigenvalue weighted by Crippen LogP contribution is -2.10. The Bertz CT molecular complexity index is 575. The number of imidazole rings is 1. The molecule has 2 rings (SSSR count). The number of benzene rings is 1. The standard InChI is InChI=1S/C13H14N2O3/c1-9-12(13(16)17)15(8-14-9)7-10-4-3-5-11(6-10)18-2/h3-6,8H,7H2,1-2H3,(H,16,17). The van der Waals surface area contributed by atoms with Gasteiger partial charge in [0, 0.05) is 6.54 Å². The number of hydrogen-bond donors (Lipinski definition) is 1. The molecule has 5 heteroatoms. The molecule has 0 spiro atoms. The minimum absolute atomic E-state index is 0.220. The van der Waals surface area contributed by atoms with Gasteiger partial charge in [-0.1, -0.05) is 12.1 Å². The molecule has 0 atom stereocenters. The van der Waals surface area contributed by atoms with Gasteiger partial charge in [0.25, 0.3) is 0 Å². The van der Waals surface area contributed by atoms with Crippen LogP contribution in [0.5, 0.6) is 5.75 Å². The number of methoxy groups -OCH3 is 1. The van der Waals surface area contributed by atoms with Crippen LogP contribution in [0.2, 0.25) is 0 Å². The second-order valence-corrected chi connectivity index (χ2v) is 3.96. The van der Waals surface area contributed by atoms with Crippen molar-refractivity contribution in [2.24, 2.45) is 0 Å². The fourth-order valence-electron chi connectivity index (χ4n) is 1.85. The largest absolute Gasteiger partial charge is 0.497 e. The van der Waals surface area contributed by atoms with Crippen molar-refractivity contribution >= 4 is 5.97 Å². The summed E-state index contributed by atoms with van der Waals surface area (Å²) in [6.45, 7) is 2.14. The van der Waals surface area contributed by atoms with Crippen LogP contribution >= 0.6 is 0 Å². The van der Waals surface area contributed by atoms with E-state index in [0.29, 0.717) is 12.2 Å². The third kappa shape index (κ3) is 2.34. The average molecular weight is 246 g/mol. The number of aromatic nitrogens is 2. The van der Waals surface area contributed by atoms with Crippen molar-refractivity contribution < 1.29 is 14.6 Å². The molecule has 0 unspecified atom stereocenters. The molecule has 0 amide bonds. The topological polar surface area (TPSA) is 64.4 Å². The van der Waals surface area contributed by atoms with E-state index in [1.54, 1.807) is 18.6 Å². The fraction of sp³-hybridized carbons (Fsp3) is 0.231. The molecule has 0 aliphatic rings. The Balaban J connectivity index is 2.31. The summed E-state index contributed by atoms with van der Waals surface area (Å²) in [7, 11) is 1.60. The molecule has 0 saturated carbocycles. The van der Waals surface area contributed by atoms with Crippen LogP contribution in [-0.2, 0) is 6.54 Å². The van der Waals surface area contributed by atoms with Crippen molar-refractivity contribution in [3.63, 3.8) is 0 Å². The third-order valence-electron chi connectivity index (χ3n) is 2.71. The van der Waals surface area contributed by atoms with E-state index in [1.807, 2.05) is 24.3 Å². The van der Waals surface area contributed by atoms with Crippen molar-refractivity contribution in [1.82, 2.24) is 9.55 Å². The second-order valence-electron chi connectivity index (χ2n) is 3.96. The number of ether oxygens (including phenoxy) is 1. The van der Waals surface area contributed by atoms with Gasteiger partial charge in [-0.3, -0.25) is 0 Å². The lowest BCUT2D eigenvalue weighted by molar-refractivity contribution is 0.0685. The van der Waals surface area contributed by atoms with Crippen molar-refractivity contribution in [3.05, 3.63) is 47.5 Å². The minimum atomic E-state index is -0.965. The predicted octanol–water partition coefficient (Wildman–Crippen LogP) is 1.95. The summed E-state index contributed by atoms with van der Waals surface area (Å²) < 4.78 is 6.75. The summed E-state index contributed by atoms with van der Waals surface area (Å²) in [5, 5.41) is 9.13. The Morgan fingerprint density at radius 3 is 2.94 bits per heavy atom. The van der Waals surface area contributed by atoms with Crippen LogP contribution in [0, 0.1) is 6.92 Å². The number of hydrogen-bond acceptors (Lipinski definition) is 3. The summed E-state index contributed by atoms with van der Waals surface area (Å²) in [6, 6.07) is 7.52. The van der Waals surface area contributed by atoms with Gasteiger partial charge in [-0.2, -0.15) is 0 Å². The first-order chi connectivity index (χ1) is 8.61. The summed E-state index contributed by atoms with van der Waals surface area (Å²) in [5.74, 6) is -0.214. The highest BCUT2D eigenvalue weighted by Crippen LogP contribution is 2.15. The molecular weight excluding hydrogens is 232 g/mol. The Kier molecular flexibility index (Phi) is 3.32. The Morgan fingerprint density at radius 1 is 1.50 bits per heavy atom. The van der Waals surface area contributed by atoms with Gasteiger partial charge in [-0.15, -0.1) is 0 Å². The first-order valence-corrected chi connectivity index (χ1v) is 5.49. The van der Waals surface area contributed by atoms with Crippen LogP contribution in [-0.4, -0.2) is 27.7 Å². The van der Waals surface area contributed by atoms with Gasteiger partial charge in [-0.25, -0.2) is 9.78 Å². The van der Waals surface area contributed by atoms with Gasteiger partial charge in [0.05, 0.1) is 19.1 Å². The summed E-state index contributed by atoms with van der Waals surface area (Å²) >= 11 is 0. The zero-order chi connectivity index (χ0) is 13.1. The molecule has 0 fully saturated rings. The first-order valence-electron chi connectivity index (χ1n) is 5.49. The Labute approximate surface area is 105 Å². The number of aryl methyl sites for hydroxylation is 1. The predicted molar refractivity (Wildman–Crippen MR) is 66.0 cm³/mol. The van der Waals surface area contributed by atoms with Gasteiger partial charge >= 0.3 is 5.97 Å². The van der Waals surface area contributed by atoms with Crippen LogP contribution < -0.4 is 4.74 Å². The summed E-state index contributed by atoms with van der Waals surface area (Å²) in [4.78, 5) is 15.2. The Morgan fingerprint density at radius 2 is 2.28 bits per heavy atom. The fourth-order valence-corrected chi connectivity index (χ4v) is 1.85. The SMILES string of the molecule is COc1cccc(Cn2cnc(C)c2C(=O)O)c1. The van der Waals surface area contributed by atoms with E-state index in [1.165, 1.54) is 6.33 Å². The number of carboxylic acids is 1. The molecule has 0 aliphatic heterocycles. The molecule has 0 radical (unpaired) electrons. The number of carbonyl (C=O) groups is 1. The van der Waals surface area contributed by atoms with Gasteiger partial charge in [0.2, 0.25) is 0 Å². The van der Waals surface area contributed by atoms with E-state index in [4.69, 9.17) is 9.84 Å². The highest BCUT2D eigenvalue weighted by molar-refractivity contribution is 5.86. The molecule has 1 N–H and O–H groups in total. The van der Waals surface area contributed by atoms with Crippen molar-refractivity contribution in [1.29, 1.82) is 0 Å². The molecule has 94 valence electrons. The molecule has 0 saturated heterocycles. The minimum Gasteiger partial charge on any atom is -0.497 e. The van der Waals surface area contributed by atoms with Crippen molar-refractivity contribution in [2.75, 3.05) is 7.11 Å². The maximum absolute atomic E-state index is 11.1. The zero-order valence-electron chi connectivity index (χ0n) is 10.3. The van der Waals surface area contributed by atoms with Gasteiger partial charge in [-0.05, 0) is 24.6 Å². The van der Waals surface area contributed by atoms with Crippen LogP contribution in [0.4, 0.5) is 0 Å². The molecule has 5 nitrogen and oxygen atoms in total. The van der Waals surface area contributed by atoms with Gasteiger partial charge in [0.1, 0.15) is 11.4 Å². The quantitative estimate of drug-likeness (QED) is 0.895. The average Bonchev–Trinajstić information content (AvgIpc) is 2.70. The highest BCUT2D eigenvalue weighted by Gasteiger charge is 2.14.